The van der Waals surface area contributed by atoms with Crippen LogP contribution in [-0.2, 0) is 4.74 Å². The highest BCUT2D eigenvalue weighted by Crippen LogP contribution is 2.32. The highest BCUT2D eigenvalue weighted by molar-refractivity contribution is 5.67. The van der Waals surface area contributed by atoms with Crippen molar-refractivity contribution in [2.24, 2.45) is 11.8 Å². The van der Waals surface area contributed by atoms with Crippen molar-refractivity contribution < 1.29 is 11.0 Å². The average molecular weight is 201 g/mol. The highest BCUT2D eigenvalue weighted by Gasteiger charge is 2.28. The predicted octanol–water partition coefficient (Wildman–Crippen LogP) is 2.80. The van der Waals surface area contributed by atoms with E-state index in [2.05, 4.69) is 23.9 Å². The molecule has 0 aromatic carbocycles. The van der Waals surface area contributed by atoms with Gasteiger partial charge in [0.05, 0.1) is 7.11 Å². The molecule has 1 rings (SSSR count). The van der Waals surface area contributed by atoms with Crippen molar-refractivity contribution in [2.45, 2.75) is 45.6 Å². The summed E-state index contributed by atoms with van der Waals surface area (Å²) in [6.45, 7) is 4.52. The predicted molar refractivity (Wildman–Crippen MR) is 58.2 cm³/mol. The molecule has 0 heterocycles. The standard InChI is InChI=1S/C11H21NO2.H2/c1-4-8(2)9-5-6-10(7-9)12-11(13)14-3;/h8-10H,4-7H2,1-3H3,(H,12,13);1H/t8?,9-,10-;/m0./s1. The third-order valence-corrected chi connectivity index (χ3v) is 3.43. The second-order valence-electron chi connectivity index (χ2n) is 4.29. The lowest BCUT2D eigenvalue weighted by Gasteiger charge is -2.17. The zero-order valence-corrected chi connectivity index (χ0v) is 9.38. The summed E-state index contributed by atoms with van der Waals surface area (Å²) >= 11 is 0. The number of carbonyl (C=O) groups is 1. The van der Waals surface area contributed by atoms with Gasteiger partial charge >= 0.3 is 6.09 Å². The molecule has 1 saturated carbocycles. The zero-order chi connectivity index (χ0) is 10.6. The first kappa shape index (κ1) is 11.3. The number of nitrogens with one attached hydrogen (secondary N) is 1. The molecule has 1 N–H and O–H groups in total. The third-order valence-electron chi connectivity index (χ3n) is 3.43. The lowest BCUT2D eigenvalue weighted by atomic mass is 9.90. The minimum atomic E-state index is -0.292. The number of rotatable bonds is 3. The molecular weight excluding hydrogens is 178 g/mol. The molecule has 1 amide bonds. The van der Waals surface area contributed by atoms with E-state index in [0.717, 1.165) is 24.7 Å². The molecule has 84 valence electrons. The number of hydrogen-bond donors (Lipinski definition) is 1. The molecule has 14 heavy (non-hydrogen) atoms. The van der Waals surface area contributed by atoms with Crippen LogP contribution in [0, 0.1) is 11.8 Å². The van der Waals surface area contributed by atoms with E-state index in [1.165, 1.54) is 20.0 Å². The van der Waals surface area contributed by atoms with Crippen molar-refractivity contribution in [3.05, 3.63) is 0 Å². The van der Waals surface area contributed by atoms with Crippen molar-refractivity contribution in [3.8, 4) is 0 Å². The molecule has 0 aromatic heterocycles. The van der Waals surface area contributed by atoms with Crippen molar-refractivity contribution in [3.63, 3.8) is 0 Å². The Balaban J connectivity index is 0.00000196. The van der Waals surface area contributed by atoms with Crippen molar-refractivity contribution in [2.75, 3.05) is 7.11 Å². The van der Waals surface area contributed by atoms with Gasteiger partial charge < -0.3 is 10.1 Å². The van der Waals surface area contributed by atoms with Crippen LogP contribution in [0.1, 0.15) is 41.0 Å². The third kappa shape index (κ3) is 2.89. The molecule has 0 saturated heterocycles. The molecule has 1 aliphatic carbocycles. The topological polar surface area (TPSA) is 38.3 Å². The molecule has 0 aromatic rings. The van der Waals surface area contributed by atoms with Gasteiger partial charge in [0.2, 0.25) is 0 Å². The maximum atomic E-state index is 11.0. The van der Waals surface area contributed by atoms with Crippen LogP contribution in [-0.4, -0.2) is 19.2 Å². The maximum Gasteiger partial charge on any atom is 0.407 e. The SMILES string of the molecule is CCC(C)[C@H]1CC[C@H](NC(=O)OC)C1.[HH]. The molecule has 0 aliphatic heterocycles. The molecule has 3 heteroatoms. The van der Waals surface area contributed by atoms with E-state index in [0.29, 0.717) is 6.04 Å². The van der Waals surface area contributed by atoms with Gasteiger partial charge in [-0.15, -0.1) is 0 Å². The summed E-state index contributed by atoms with van der Waals surface area (Å²) in [5, 5.41) is 2.88. The van der Waals surface area contributed by atoms with Crippen LogP contribution in [0.4, 0.5) is 4.79 Å². The lowest BCUT2D eigenvalue weighted by molar-refractivity contribution is 0.166. The second-order valence-corrected chi connectivity index (χ2v) is 4.29. The van der Waals surface area contributed by atoms with E-state index in [9.17, 15) is 4.79 Å². The van der Waals surface area contributed by atoms with E-state index in [1.54, 1.807) is 0 Å². The van der Waals surface area contributed by atoms with Crippen LogP contribution in [0.5, 0.6) is 0 Å². The molecule has 1 unspecified atom stereocenters. The van der Waals surface area contributed by atoms with Gasteiger partial charge in [-0.05, 0) is 31.1 Å². The van der Waals surface area contributed by atoms with Gasteiger partial charge in [0.25, 0.3) is 0 Å². The van der Waals surface area contributed by atoms with Crippen molar-refractivity contribution >= 4 is 6.09 Å². The molecule has 1 fully saturated rings. The number of hydrogen-bond acceptors (Lipinski definition) is 2. The van der Waals surface area contributed by atoms with E-state index in [4.69, 9.17) is 0 Å². The van der Waals surface area contributed by atoms with Gasteiger partial charge in [0.15, 0.2) is 0 Å². The van der Waals surface area contributed by atoms with Crippen LogP contribution < -0.4 is 5.32 Å². The summed E-state index contributed by atoms with van der Waals surface area (Å²) in [5.41, 5.74) is 0. The first-order valence-corrected chi connectivity index (χ1v) is 5.51. The van der Waals surface area contributed by atoms with Gasteiger partial charge in [-0.2, -0.15) is 0 Å². The summed E-state index contributed by atoms with van der Waals surface area (Å²) in [4.78, 5) is 11.0. The number of alkyl carbamates (subject to hydrolysis) is 1. The Labute approximate surface area is 87.7 Å². The summed E-state index contributed by atoms with van der Waals surface area (Å²) in [6.07, 6.45) is 4.40. The van der Waals surface area contributed by atoms with E-state index >= 15 is 0 Å². The Hall–Kier alpha value is -0.730. The smallest absolute Gasteiger partial charge is 0.407 e. The Morgan fingerprint density at radius 1 is 1.64 bits per heavy atom. The Morgan fingerprint density at radius 2 is 2.36 bits per heavy atom. The normalized spacial score (nSPS) is 28.5. The summed E-state index contributed by atoms with van der Waals surface area (Å²) in [6, 6.07) is 0.335. The minimum absolute atomic E-state index is 0. The first-order valence-electron chi connectivity index (χ1n) is 5.51. The summed E-state index contributed by atoms with van der Waals surface area (Å²) < 4.78 is 4.58. The monoisotopic (exact) mass is 201 g/mol. The van der Waals surface area contributed by atoms with Crippen LogP contribution in [0.3, 0.4) is 0 Å². The highest BCUT2D eigenvalue weighted by atomic mass is 16.5. The molecule has 0 spiro atoms. The quantitative estimate of drug-likeness (QED) is 0.762. The van der Waals surface area contributed by atoms with Gasteiger partial charge in [-0.3, -0.25) is 0 Å². The summed E-state index contributed by atoms with van der Waals surface area (Å²) in [7, 11) is 1.41. The van der Waals surface area contributed by atoms with Gasteiger partial charge in [-0.25, -0.2) is 4.79 Å². The number of methoxy groups -OCH3 is 1. The number of ether oxygens (including phenoxy) is 1. The van der Waals surface area contributed by atoms with Gasteiger partial charge in [0.1, 0.15) is 0 Å². The fourth-order valence-corrected chi connectivity index (χ4v) is 2.22. The van der Waals surface area contributed by atoms with Crippen molar-refractivity contribution in [1.29, 1.82) is 0 Å². The molecule has 1 aliphatic rings. The van der Waals surface area contributed by atoms with E-state index in [-0.39, 0.29) is 7.52 Å². The van der Waals surface area contributed by atoms with E-state index < -0.39 is 0 Å². The zero-order valence-electron chi connectivity index (χ0n) is 9.38. The van der Waals surface area contributed by atoms with Crippen molar-refractivity contribution in [1.82, 2.24) is 5.32 Å². The molecular formula is C11H23NO2. The number of carbonyl (C=O) groups excluding carboxylic acids is 1. The fraction of sp³-hybridized carbons (Fsp3) is 0.909. The first-order chi connectivity index (χ1) is 6.67. The summed E-state index contributed by atoms with van der Waals surface area (Å²) in [5.74, 6) is 1.56. The van der Waals surface area contributed by atoms with Crippen LogP contribution in [0.2, 0.25) is 0 Å². The van der Waals surface area contributed by atoms with Crippen LogP contribution >= 0.6 is 0 Å². The molecule has 0 radical (unpaired) electrons. The van der Waals surface area contributed by atoms with Crippen LogP contribution in [0.25, 0.3) is 0 Å². The fourth-order valence-electron chi connectivity index (χ4n) is 2.22. The molecule has 0 bridgehead atoms. The largest absolute Gasteiger partial charge is 0.453 e. The molecule has 3 atom stereocenters. The Kier molecular flexibility index (Phi) is 4.23. The second kappa shape index (κ2) is 5.23. The van der Waals surface area contributed by atoms with Gasteiger partial charge in [0, 0.05) is 7.47 Å². The minimum Gasteiger partial charge on any atom is -0.453 e. The van der Waals surface area contributed by atoms with E-state index in [1.807, 2.05) is 0 Å². The Bertz CT molecular complexity index is 199. The maximum absolute atomic E-state index is 11.0. The average Bonchev–Trinajstić information content (AvgIpc) is 2.65. The number of amides is 1. The lowest BCUT2D eigenvalue weighted by Crippen LogP contribution is -2.32. The Morgan fingerprint density at radius 3 is 2.93 bits per heavy atom. The van der Waals surface area contributed by atoms with Gasteiger partial charge in [-0.1, -0.05) is 20.3 Å². The van der Waals surface area contributed by atoms with Crippen LogP contribution in [0.15, 0.2) is 0 Å². The molecule has 3 nitrogen and oxygen atoms in total.